The van der Waals surface area contributed by atoms with Crippen molar-refractivity contribution in [1.82, 2.24) is 5.32 Å². The van der Waals surface area contributed by atoms with Crippen LogP contribution in [-0.2, 0) is 4.79 Å². The summed E-state index contributed by atoms with van der Waals surface area (Å²) in [6, 6.07) is 0. The van der Waals surface area contributed by atoms with Crippen LogP contribution in [0.25, 0.3) is 0 Å². The first-order valence-corrected chi connectivity index (χ1v) is 9.21. The molecular weight excluding hydrogens is 248 g/mol. The maximum absolute atomic E-state index is 11.7. The Morgan fingerprint density at radius 3 is 2.56 bits per heavy atom. The molecule has 0 unspecified atom stereocenters. The molecule has 0 aromatic heterocycles. The molecule has 18 heavy (non-hydrogen) atoms. The third kappa shape index (κ3) is 10.6. The molecule has 0 fully saturated rings. The number of carbonyl (C=O) groups excluding carboxylic acids is 1. The number of nitroso groups, excluding NO2 is 1. The van der Waals surface area contributed by atoms with E-state index in [9.17, 15) is 9.70 Å². The van der Waals surface area contributed by atoms with Gasteiger partial charge in [0.25, 0.3) is 0 Å². The Morgan fingerprint density at radius 2 is 1.94 bits per heavy atom. The molecule has 1 atom stereocenters. The summed E-state index contributed by atoms with van der Waals surface area (Å²) in [4.78, 5) is 21.6. The average molecular weight is 276 g/mol. The molecular formula is C13H28N2O2S. The van der Waals surface area contributed by atoms with Gasteiger partial charge in [0.05, 0.1) is 6.54 Å². The fraction of sp³-hybridized carbons (Fsp3) is 0.923. The number of hydrogen-bond donors (Lipinski definition) is 2. The molecule has 0 saturated carbocycles. The smallest absolute Gasteiger partial charge is 0.222 e. The van der Waals surface area contributed by atoms with E-state index in [2.05, 4.69) is 23.0 Å². The highest BCUT2D eigenvalue weighted by atomic mass is 32.2. The number of nitrogens with zero attached hydrogens (tertiary/aromatic N) is 1. The fourth-order valence-corrected chi connectivity index (χ4v) is 2.55. The first-order chi connectivity index (χ1) is 8.57. The van der Waals surface area contributed by atoms with Crippen LogP contribution in [-0.4, -0.2) is 37.3 Å². The molecule has 0 saturated heterocycles. The van der Waals surface area contributed by atoms with E-state index in [0.717, 1.165) is 32.2 Å². The molecule has 0 aromatic rings. The lowest BCUT2D eigenvalue weighted by molar-refractivity contribution is -0.124. The van der Waals surface area contributed by atoms with Gasteiger partial charge in [-0.25, -0.2) is 0 Å². The molecule has 0 radical (unpaired) electrons. The van der Waals surface area contributed by atoms with Gasteiger partial charge in [0.2, 0.25) is 5.91 Å². The molecule has 4 nitrogen and oxygen atoms in total. The summed E-state index contributed by atoms with van der Waals surface area (Å²) in [6.07, 6.45) is 9.38. The standard InChI is InChI=1S/C13H28N2O2S/c1-12(8-4-5-10-15-17)13(16)14-9-6-7-11-18(2)3/h12,18H,4-11H2,1-3H3,(H,14,16)/t12-/m1/s1. The van der Waals surface area contributed by atoms with Crippen molar-refractivity contribution in [2.75, 3.05) is 31.4 Å². The lowest BCUT2D eigenvalue weighted by atomic mass is 10.0. The van der Waals surface area contributed by atoms with Gasteiger partial charge in [-0.2, -0.15) is 4.91 Å². The lowest BCUT2D eigenvalue weighted by Gasteiger charge is -2.12. The second-order valence-corrected chi connectivity index (χ2v) is 7.66. The summed E-state index contributed by atoms with van der Waals surface area (Å²) in [7, 11) is 0.196. The zero-order chi connectivity index (χ0) is 13.8. The number of unbranched alkanes of at least 4 members (excludes halogenated alkanes) is 2. The molecule has 0 rings (SSSR count). The van der Waals surface area contributed by atoms with Crippen molar-refractivity contribution < 1.29 is 4.79 Å². The summed E-state index contributed by atoms with van der Waals surface area (Å²) < 4.78 is 0. The van der Waals surface area contributed by atoms with Gasteiger partial charge in [0.15, 0.2) is 0 Å². The van der Waals surface area contributed by atoms with Crippen molar-refractivity contribution >= 4 is 16.8 Å². The summed E-state index contributed by atoms with van der Waals surface area (Å²) in [5.74, 6) is 1.48. The second kappa shape index (κ2) is 11.5. The van der Waals surface area contributed by atoms with E-state index in [4.69, 9.17) is 0 Å². The zero-order valence-corrected chi connectivity index (χ0v) is 12.8. The van der Waals surface area contributed by atoms with Gasteiger partial charge in [-0.1, -0.05) is 18.5 Å². The topological polar surface area (TPSA) is 58.5 Å². The molecule has 1 N–H and O–H groups in total. The minimum absolute atomic E-state index is 0.0473. The SMILES string of the molecule is C[C@H](CCCCN=O)C(=O)NCCCC[SH](C)C. The molecule has 0 aliphatic rings. The van der Waals surface area contributed by atoms with Crippen LogP contribution in [0.5, 0.6) is 0 Å². The molecule has 1 amide bonds. The van der Waals surface area contributed by atoms with Crippen LogP contribution in [0, 0.1) is 10.8 Å². The second-order valence-electron chi connectivity index (χ2n) is 5.05. The third-order valence-electron chi connectivity index (χ3n) is 2.92. The van der Waals surface area contributed by atoms with E-state index in [-0.39, 0.29) is 22.7 Å². The lowest BCUT2D eigenvalue weighted by Crippen LogP contribution is -2.30. The van der Waals surface area contributed by atoms with Crippen LogP contribution >= 0.6 is 10.9 Å². The quantitative estimate of drug-likeness (QED) is 0.346. The number of carbonyl (C=O) groups is 1. The Labute approximate surface area is 114 Å². The predicted octanol–water partition coefficient (Wildman–Crippen LogP) is 2.72. The molecule has 5 heteroatoms. The van der Waals surface area contributed by atoms with Gasteiger partial charge in [-0.05, 0) is 43.9 Å². The Morgan fingerprint density at radius 1 is 1.22 bits per heavy atom. The van der Waals surface area contributed by atoms with E-state index in [1.54, 1.807) is 0 Å². The maximum atomic E-state index is 11.7. The van der Waals surface area contributed by atoms with Crippen LogP contribution in [0.2, 0.25) is 0 Å². The Bertz CT molecular complexity index is 235. The minimum Gasteiger partial charge on any atom is -0.356 e. The highest BCUT2D eigenvalue weighted by molar-refractivity contribution is 8.15. The van der Waals surface area contributed by atoms with Crippen LogP contribution in [0.4, 0.5) is 0 Å². The Hall–Kier alpha value is -0.580. The monoisotopic (exact) mass is 276 g/mol. The number of rotatable bonds is 11. The molecule has 0 spiro atoms. The van der Waals surface area contributed by atoms with Crippen LogP contribution in [0.1, 0.15) is 39.0 Å². The average Bonchev–Trinajstić information content (AvgIpc) is 2.33. The zero-order valence-electron chi connectivity index (χ0n) is 11.9. The van der Waals surface area contributed by atoms with Gasteiger partial charge in [-0.3, -0.25) is 15.7 Å². The van der Waals surface area contributed by atoms with E-state index in [1.165, 1.54) is 12.2 Å². The van der Waals surface area contributed by atoms with Gasteiger partial charge < -0.3 is 5.32 Å². The van der Waals surface area contributed by atoms with Crippen LogP contribution < -0.4 is 5.32 Å². The highest BCUT2D eigenvalue weighted by Crippen LogP contribution is 2.14. The van der Waals surface area contributed by atoms with Gasteiger partial charge >= 0.3 is 0 Å². The maximum Gasteiger partial charge on any atom is 0.222 e. The Kier molecular flexibility index (Phi) is 11.1. The van der Waals surface area contributed by atoms with Gasteiger partial charge in [-0.15, -0.1) is 0 Å². The fourth-order valence-electron chi connectivity index (χ4n) is 1.70. The Balaban J connectivity index is 3.46. The van der Waals surface area contributed by atoms with E-state index >= 15 is 0 Å². The molecule has 0 aliphatic carbocycles. The number of thiol groups is 1. The third-order valence-corrected chi connectivity index (χ3v) is 4.13. The van der Waals surface area contributed by atoms with Crippen molar-refractivity contribution in [2.24, 2.45) is 11.1 Å². The molecule has 108 valence electrons. The summed E-state index contributed by atoms with van der Waals surface area (Å²) in [5.41, 5.74) is 0. The molecule has 0 heterocycles. The van der Waals surface area contributed by atoms with E-state index in [0.29, 0.717) is 6.54 Å². The van der Waals surface area contributed by atoms with Crippen molar-refractivity contribution in [3.8, 4) is 0 Å². The first kappa shape index (κ1) is 17.4. The summed E-state index contributed by atoms with van der Waals surface area (Å²) in [6.45, 7) is 3.11. The van der Waals surface area contributed by atoms with Crippen molar-refractivity contribution in [3.63, 3.8) is 0 Å². The number of nitrogens with one attached hydrogen (secondary N) is 1. The summed E-state index contributed by atoms with van der Waals surface area (Å²) in [5, 5.41) is 5.79. The summed E-state index contributed by atoms with van der Waals surface area (Å²) >= 11 is 0. The molecule has 0 aliphatic heterocycles. The number of hydrogen-bond acceptors (Lipinski definition) is 3. The minimum atomic E-state index is 0.0473. The largest absolute Gasteiger partial charge is 0.356 e. The first-order valence-electron chi connectivity index (χ1n) is 6.79. The van der Waals surface area contributed by atoms with E-state index < -0.39 is 0 Å². The van der Waals surface area contributed by atoms with Crippen LogP contribution in [0.15, 0.2) is 5.18 Å². The van der Waals surface area contributed by atoms with Gasteiger partial charge in [0.1, 0.15) is 0 Å². The highest BCUT2D eigenvalue weighted by Gasteiger charge is 2.11. The normalized spacial score (nSPS) is 12.9. The molecule has 0 aromatic carbocycles. The van der Waals surface area contributed by atoms with E-state index in [1.807, 2.05) is 6.92 Å². The predicted molar refractivity (Wildman–Crippen MR) is 81.6 cm³/mol. The van der Waals surface area contributed by atoms with Gasteiger partial charge in [0, 0.05) is 12.5 Å². The molecule has 0 bridgehead atoms. The van der Waals surface area contributed by atoms with Crippen LogP contribution in [0.3, 0.4) is 0 Å². The van der Waals surface area contributed by atoms with Crippen molar-refractivity contribution in [2.45, 2.75) is 39.0 Å². The van der Waals surface area contributed by atoms with Crippen molar-refractivity contribution in [3.05, 3.63) is 4.91 Å². The number of amides is 1. The van der Waals surface area contributed by atoms with Crippen molar-refractivity contribution in [1.29, 1.82) is 0 Å².